The zero-order valence-electron chi connectivity index (χ0n) is 39.7. The largest absolute Gasteiger partial charge is 0.484 e. The molecule has 9 unspecified atom stereocenters. The molecule has 3 aliphatic heterocycles. The van der Waals surface area contributed by atoms with E-state index in [0.717, 1.165) is 43.4 Å². The van der Waals surface area contributed by atoms with Gasteiger partial charge in [-0.15, -0.1) is 0 Å². The van der Waals surface area contributed by atoms with Crippen LogP contribution in [-0.4, -0.2) is 44.6 Å². The summed E-state index contributed by atoms with van der Waals surface area (Å²) in [7, 11) is 0. The molecule has 0 radical (unpaired) electrons. The summed E-state index contributed by atoms with van der Waals surface area (Å²) >= 11 is 0. The molecule has 5 nitrogen and oxygen atoms in total. The summed E-state index contributed by atoms with van der Waals surface area (Å²) in [6.45, 7) is 5.16. The molecule has 340 valence electrons. The van der Waals surface area contributed by atoms with E-state index < -0.39 is 0 Å². The lowest BCUT2D eigenvalue weighted by Gasteiger charge is -2.46. The number of hydrogen-bond donors (Lipinski definition) is 0. The van der Waals surface area contributed by atoms with Crippen molar-refractivity contribution in [3.63, 3.8) is 0 Å². The van der Waals surface area contributed by atoms with Gasteiger partial charge in [0.05, 0.1) is 23.7 Å². The van der Waals surface area contributed by atoms with E-state index in [2.05, 4.69) is 144 Å². The number of allylic oxidation sites excluding steroid dienone is 13. The maximum Gasteiger partial charge on any atom is 0.133 e. The van der Waals surface area contributed by atoms with Crippen LogP contribution in [-0.2, 0) is 12.8 Å². The monoisotopic (exact) mass is 883 g/mol. The number of fused-ring (bicyclic) bond motifs is 11. The van der Waals surface area contributed by atoms with Gasteiger partial charge in [-0.05, 0) is 134 Å². The summed E-state index contributed by atoms with van der Waals surface area (Å²) in [4.78, 5) is 5.68. The molecule has 1 fully saturated rings. The molecular weight excluding hydrogens is 817 g/mol. The zero-order chi connectivity index (χ0) is 44.5. The van der Waals surface area contributed by atoms with Crippen LogP contribution in [0.1, 0.15) is 144 Å². The van der Waals surface area contributed by atoms with E-state index >= 15 is 0 Å². The van der Waals surface area contributed by atoms with Gasteiger partial charge < -0.3 is 14.2 Å². The molecule has 67 heavy (non-hydrogen) atoms. The number of para-hydroxylation sites is 1. The topological polar surface area (TPSA) is 44.4 Å². The minimum atomic E-state index is -0.0107. The maximum absolute atomic E-state index is 11.6. The highest BCUT2D eigenvalue weighted by Crippen LogP contribution is 2.64. The van der Waals surface area contributed by atoms with Gasteiger partial charge in [-0.25, -0.2) is 0 Å². The summed E-state index contributed by atoms with van der Waals surface area (Å²) in [6.07, 6.45) is 53.0. The van der Waals surface area contributed by atoms with Gasteiger partial charge in [0.1, 0.15) is 17.9 Å². The Morgan fingerprint density at radius 3 is 2.54 bits per heavy atom. The van der Waals surface area contributed by atoms with Gasteiger partial charge in [0.25, 0.3) is 0 Å². The number of ether oxygens (including phenoxy) is 1. The van der Waals surface area contributed by atoms with Crippen LogP contribution in [0.2, 0.25) is 0 Å². The SMILES string of the molecule is CC1(C)C2=C(CCC=C2)C2CCc3c(c4c(n3C3CC(N5C6=C(CCCC6)C6C=CC=CC65)=C(C#N)C=C3C3C=CC(C5C=CC=C6c7ccccc7OC65)N3C3CCCCC3)C=CCC4)C21. The molecule has 2 aromatic rings. The first-order valence-corrected chi connectivity index (χ1v) is 26.6. The Balaban J connectivity index is 0.943. The molecule has 4 heterocycles. The van der Waals surface area contributed by atoms with Gasteiger partial charge in [0.15, 0.2) is 0 Å². The van der Waals surface area contributed by atoms with Gasteiger partial charge in [-0.2, -0.15) is 5.26 Å². The van der Waals surface area contributed by atoms with Crippen molar-refractivity contribution in [1.29, 1.82) is 5.26 Å². The second kappa shape index (κ2) is 15.6. The highest BCUT2D eigenvalue weighted by molar-refractivity contribution is 5.80. The third-order valence-corrected chi connectivity index (χ3v) is 19.2. The predicted molar refractivity (Wildman–Crippen MR) is 270 cm³/mol. The summed E-state index contributed by atoms with van der Waals surface area (Å²) in [5.74, 6) is 2.73. The van der Waals surface area contributed by atoms with Crippen molar-refractivity contribution in [2.45, 2.75) is 159 Å². The first-order chi connectivity index (χ1) is 33.0. The Morgan fingerprint density at radius 2 is 1.63 bits per heavy atom. The molecule has 0 saturated heterocycles. The van der Waals surface area contributed by atoms with Crippen LogP contribution in [0.15, 0.2) is 143 Å². The summed E-state index contributed by atoms with van der Waals surface area (Å²) in [5, 5.41) is 11.6. The first kappa shape index (κ1) is 40.7. The van der Waals surface area contributed by atoms with Gasteiger partial charge in [0.2, 0.25) is 0 Å². The Morgan fingerprint density at radius 1 is 0.776 bits per heavy atom. The van der Waals surface area contributed by atoms with E-state index in [1.165, 1.54) is 104 Å². The third-order valence-electron chi connectivity index (χ3n) is 19.2. The number of nitrogens with zero attached hydrogens (tertiary/aromatic N) is 4. The number of hydrogen-bond acceptors (Lipinski definition) is 4. The van der Waals surface area contributed by atoms with Gasteiger partial charge in [0, 0.05) is 70.2 Å². The molecule has 9 atom stereocenters. The van der Waals surface area contributed by atoms with E-state index in [0.29, 0.717) is 23.8 Å². The van der Waals surface area contributed by atoms with Crippen molar-refractivity contribution >= 4 is 11.6 Å². The lowest BCUT2D eigenvalue weighted by molar-refractivity contribution is 0.0743. The molecule has 9 aliphatic carbocycles. The molecule has 14 rings (SSSR count). The van der Waals surface area contributed by atoms with Crippen molar-refractivity contribution in [3.8, 4) is 11.8 Å². The number of aromatic nitrogens is 1. The molecule has 1 aromatic heterocycles. The molecule has 0 N–H and O–H groups in total. The van der Waals surface area contributed by atoms with E-state index in [9.17, 15) is 5.26 Å². The second-order valence-electron chi connectivity index (χ2n) is 22.6. The summed E-state index contributed by atoms with van der Waals surface area (Å²) in [6, 6.07) is 12.7. The summed E-state index contributed by atoms with van der Waals surface area (Å²) < 4.78 is 9.88. The minimum absolute atomic E-state index is 0.0107. The second-order valence-corrected chi connectivity index (χ2v) is 22.6. The number of nitriles is 1. The lowest BCUT2D eigenvalue weighted by atomic mass is 9.65. The quantitative estimate of drug-likeness (QED) is 0.281. The fourth-order valence-corrected chi connectivity index (χ4v) is 16.6. The van der Waals surface area contributed by atoms with Crippen LogP contribution in [0.4, 0.5) is 0 Å². The average Bonchev–Trinajstić information content (AvgIpc) is 4.19. The molecule has 0 bridgehead atoms. The van der Waals surface area contributed by atoms with Crippen molar-refractivity contribution in [2.24, 2.45) is 23.2 Å². The van der Waals surface area contributed by atoms with E-state index in [1.54, 1.807) is 33.5 Å². The Labute approximate surface area is 398 Å². The van der Waals surface area contributed by atoms with Crippen molar-refractivity contribution < 1.29 is 4.74 Å². The fraction of sp³-hybridized carbons (Fsp3) is 0.468. The molecule has 1 aromatic carbocycles. The van der Waals surface area contributed by atoms with E-state index in [4.69, 9.17) is 4.74 Å². The maximum atomic E-state index is 11.6. The Kier molecular flexibility index (Phi) is 9.49. The van der Waals surface area contributed by atoms with E-state index in [1.807, 2.05) is 0 Å². The molecule has 5 heteroatoms. The zero-order valence-corrected chi connectivity index (χ0v) is 39.7. The third kappa shape index (κ3) is 5.93. The smallest absolute Gasteiger partial charge is 0.133 e. The van der Waals surface area contributed by atoms with Crippen LogP contribution < -0.4 is 4.74 Å². The first-order valence-electron chi connectivity index (χ1n) is 26.6. The van der Waals surface area contributed by atoms with Crippen molar-refractivity contribution in [1.82, 2.24) is 14.4 Å². The van der Waals surface area contributed by atoms with Crippen molar-refractivity contribution in [2.75, 3.05) is 0 Å². The van der Waals surface area contributed by atoms with Gasteiger partial charge in [-0.3, -0.25) is 4.90 Å². The molecule has 0 spiro atoms. The average molecular weight is 883 g/mol. The highest BCUT2D eigenvalue weighted by Gasteiger charge is 2.54. The fourth-order valence-electron chi connectivity index (χ4n) is 16.6. The van der Waals surface area contributed by atoms with Gasteiger partial charge >= 0.3 is 0 Å². The molecule has 0 amide bonds. The van der Waals surface area contributed by atoms with Crippen LogP contribution in [0.5, 0.6) is 5.75 Å². The van der Waals surface area contributed by atoms with Crippen LogP contribution in [0, 0.1) is 34.5 Å². The lowest BCUT2D eigenvalue weighted by Crippen LogP contribution is -2.52. The number of benzene rings is 1. The van der Waals surface area contributed by atoms with Crippen molar-refractivity contribution in [3.05, 3.63) is 171 Å². The Hall–Kier alpha value is -5.31. The molecule has 12 aliphatic rings. The highest BCUT2D eigenvalue weighted by atomic mass is 16.5. The normalized spacial score (nSPS) is 34.2. The van der Waals surface area contributed by atoms with E-state index in [-0.39, 0.29) is 41.6 Å². The molecular formula is C62H66N4O. The standard InChI is InChI=1S/C62H66N4O/c1-62(2)49-26-11-6-19-40(49)44-31-32-55-59(60(44)62)46-23-9-14-29-52(46)66(55)57-36-56(65-50-27-12-7-20-41(50)42-21-8-13-28-51(42)65)38(37-63)35-48(57)54-34-33-53(64(54)39-17-4-3-5-18-39)47-25-16-24-45-43-22-10-15-30-58(43)67-61(45)47/h7,10-12,14-16,20,22,24-27,29-30,33-35,39,41,44,47,50,53-54,57,60-61H,3-6,8-9,13,17-19,21,23,28,31-32,36H2,1-2H3. The van der Waals surface area contributed by atoms with Gasteiger partial charge in [-0.1, -0.05) is 130 Å². The summed E-state index contributed by atoms with van der Waals surface area (Å²) in [5.41, 5.74) is 19.2. The Bertz CT molecular complexity index is 2860. The number of rotatable bonds is 5. The van der Waals surface area contributed by atoms with Crippen LogP contribution in [0.3, 0.4) is 0 Å². The molecule has 1 saturated carbocycles. The minimum Gasteiger partial charge on any atom is -0.484 e. The predicted octanol–water partition coefficient (Wildman–Crippen LogP) is 13.7. The van der Waals surface area contributed by atoms with Crippen LogP contribution in [0.25, 0.3) is 11.6 Å². The van der Waals surface area contributed by atoms with Crippen LogP contribution >= 0.6 is 0 Å².